The van der Waals surface area contributed by atoms with Crippen LogP contribution in [-0.2, 0) is 4.74 Å². The van der Waals surface area contributed by atoms with Crippen molar-refractivity contribution in [1.29, 1.82) is 5.26 Å². The maximum atomic E-state index is 12.8. The number of aromatic nitrogens is 3. The zero-order chi connectivity index (χ0) is 23.2. The maximum absolute atomic E-state index is 12.8. The highest BCUT2D eigenvalue weighted by Crippen LogP contribution is 2.32. The molecule has 0 amide bonds. The lowest BCUT2D eigenvalue weighted by Gasteiger charge is -2.28. The first-order valence-electron chi connectivity index (χ1n) is 10.2. The molecule has 2 aromatic carbocycles. The van der Waals surface area contributed by atoms with E-state index in [1.165, 1.54) is 19.2 Å². The van der Waals surface area contributed by atoms with Gasteiger partial charge >= 0.3 is 6.61 Å². The number of benzene rings is 2. The van der Waals surface area contributed by atoms with Gasteiger partial charge in [0.2, 0.25) is 5.95 Å². The highest BCUT2D eigenvalue weighted by molar-refractivity contribution is 5.88. The lowest BCUT2D eigenvalue weighted by Crippen LogP contribution is -2.38. The molecule has 1 aliphatic heterocycles. The number of nitrogens with zero attached hydrogens (tertiary/aromatic N) is 5. The monoisotopic (exact) mass is 453 g/mol. The van der Waals surface area contributed by atoms with Gasteiger partial charge < -0.3 is 19.1 Å². The lowest BCUT2D eigenvalue weighted by atomic mass is 10.1. The lowest BCUT2D eigenvalue weighted by molar-refractivity contribution is -0.0512. The van der Waals surface area contributed by atoms with Crippen LogP contribution in [0.15, 0.2) is 48.5 Å². The minimum absolute atomic E-state index is 0.128. The molecule has 0 N–H and O–H groups in total. The van der Waals surface area contributed by atoms with E-state index in [0.29, 0.717) is 43.6 Å². The summed E-state index contributed by atoms with van der Waals surface area (Å²) in [7, 11) is 1.36. The van der Waals surface area contributed by atoms with E-state index in [-0.39, 0.29) is 17.1 Å². The van der Waals surface area contributed by atoms with Gasteiger partial charge in [-0.15, -0.1) is 10.2 Å². The number of nitriles is 1. The van der Waals surface area contributed by atoms with Gasteiger partial charge in [0.15, 0.2) is 17.3 Å². The van der Waals surface area contributed by atoms with Crippen LogP contribution >= 0.6 is 0 Å². The third-order valence-electron chi connectivity index (χ3n) is 5.03. The van der Waals surface area contributed by atoms with Crippen LogP contribution in [0, 0.1) is 11.3 Å². The van der Waals surface area contributed by atoms with Crippen molar-refractivity contribution >= 4 is 17.6 Å². The zero-order valence-electron chi connectivity index (χ0n) is 17.8. The number of allylic oxidation sites excluding steroid dienone is 1. The van der Waals surface area contributed by atoms with Crippen LogP contribution in [0.25, 0.3) is 17.3 Å². The van der Waals surface area contributed by atoms with Gasteiger partial charge in [-0.2, -0.15) is 14.0 Å². The Bertz CT molecular complexity index is 1170. The first kappa shape index (κ1) is 22.2. The van der Waals surface area contributed by atoms with Crippen molar-refractivity contribution in [1.82, 2.24) is 14.8 Å². The molecular weight excluding hydrogens is 432 g/mol. The summed E-state index contributed by atoms with van der Waals surface area (Å²) in [5, 5.41) is 18.6. The predicted octanol–water partition coefficient (Wildman–Crippen LogP) is 3.78. The van der Waals surface area contributed by atoms with Gasteiger partial charge in [0.05, 0.1) is 31.6 Å². The average molecular weight is 453 g/mol. The molecule has 8 nitrogen and oxygen atoms in total. The molecule has 0 radical (unpaired) electrons. The number of anilines is 1. The molecule has 33 heavy (non-hydrogen) atoms. The normalized spacial score (nSPS) is 14.3. The van der Waals surface area contributed by atoms with Crippen LogP contribution in [0.1, 0.15) is 11.4 Å². The van der Waals surface area contributed by atoms with Crippen LogP contribution in [0.2, 0.25) is 0 Å². The Balaban J connectivity index is 1.79. The smallest absolute Gasteiger partial charge is 0.387 e. The third kappa shape index (κ3) is 4.94. The first-order valence-corrected chi connectivity index (χ1v) is 10.2. The Morgan fingerprint density at radius 3 is 2.55 bits per heavy atom. The molecule has 0 atom stereocenters. The zero-order valence-corrected chi connectivity index (χ0v) is 17.8. The standard InChI is InChI=1S/C23H21F2N5O3/c1-31-19-8-7-16(14-20(19)33-22(24)25)13-17(15-26)21-27-28-23(29-9-11-32-12-10-29)30(21)18-5-3-2-4-6-18/h2-8,13-14,22H,9-12H2,1H3/b17-13+. The molecule has 0 spiro atoms. The Morgan fingerprint density at radius 1 is 1.12 bits per heavy atom. The minimum Gasteiger partial charge on any atom is -0.493 e. The molecule has 3 aromatic rings. The predicted molar refractivity (Wildman–Crippen MR) is 118 cm³/mol. The fourth-order valence-corrected chi connectivity index (χ4v) is 3.52. The quantitative estimate of drug-likeness (QED) is 0.504. The van der Waals surface area contributed by atoms with E-state index in [9.17, 15) is 14.0 Å². The number of alkyl halides is 2. The molecule has 1 aromatic heterocycles. The maximum Gasteiger partial charge on any atom is 0.387 e. The molecule has 4 rings (SSSR count). The van der Waals surface area contributed by atoms with E-state index < -0.39 is 6.61 Å². The molecule has 1 aliphatic rings. The number of hydrogen-bond donors (Lipinski definition) is 0. The van der Waals surface area contributed by atoms with Gasteiger partial charge in [-0.05, 0) is 35.9 Å². The summed E-state index contributed by atoms with van der Waals surface area (Å²) in [4.78, 5) is 2.05. The SMILES string of the molecule is COc1ccc(/C=C(\C#N)c2nnc(N3CCOCC3)n2-c2ccccc2)cc1OC(F)F. The summed E-state index contributed by atoms with van der Waals surface area (Å²) in [5.74, 6) is 0.958. The van der Waals surface area contributed by atoms with Crippen molar-refractivity contribution in [2.75, 3.05) is 38.3 Å². The second-order valence-corrected chi connectivity index (χ2v) is 7.05. The Hall–Kier alpha value is -3.97. The van der Waals surface area contributed by atoms with E-state index in [0.717, 1.165) is 5.69 Å². The Labute approximate surface area is 189 Å². The number of methoxy groups -OCH3 is 1. The highest BCUT2D eigenvalue weighted by atomic mass is 19.3. The van der Waals surface area contributed by atoms with Crippen molar-refractivity contribution < 1.29 is 23.0 Å². The van der Waals surface area contributed by atoms with E-state index >= 15 is 0 Å². The van der Waals surface area contributed by atoms with Crippen LogP contribution in [0.3, 0.4) is 0 Å². The van der Waals surface area contributed by atoms with Gasteiger partial charge in [0.25, 0.3) is 0 Å². The van der Waals surface area contributed by atoms with Crippen molar-refractivity contribution in [3.63, 3.8) is 0 Å². The second-order valence-electron chi connectivity index (χ2n) is 7.05. The number of halogens is 2. The molecule has 0 saturated carbocycles. The summed E-state index contributed by atoms with van der Waals surface area (Å²) in [5.41, 5.74) is 1.47. The van der Waals surface area contributed by atoms with E-state index in [4.69, 9.17) is 9.47 Å². The van der Waals surface area contributed by atoms with Gasteiger partial charge in [0, 0.05) is 13.1 Å². The van der Waals surface area contributed by atoms with Gasteiger partial charge in [-0.25, -0.2) is 0 Å². The van der Waals surface area contributed by atoms with Gasteiger partial charge in [-0.1, -0.05) is 24.3 Å². The Kier molecular flexibility index (Phi) is 6.80. The Morgan fingerprint density at radius 2 is 1.88 bits per heavy atom. The highest BCUT2D eigenvalue weighted by Gasteiger charge is 2.23. The van der Waals surface area contributed by atoms with Gasteiger partial charge in [-0.3, -0.25) is 4.57 Å². The van der Waals surface area contributed by atoms with Crippen LogP contribution in [0.5, 0.6) is 11.5 Å². The van der Waals surface area contributed by atoms with Crippen LogP contribution in [-0.4, -0.2) is 54.8 Å². The molecule has 1 fully saturated rings. The number of morpholine rings is 1. The van der Waals surface area contributed by atoms with E-state index in [1.807, 2.05) is 35.2 Å². The molecule has 0 unspecified atom stereocenters. The number of para-hydroxylation sites is 1. The van der Waals surface area contributed by atoms with E-state index in [1.54, 1.807) is 16.7 Å². The van der Waals surface area contributed by atoms with Crippen molar-refractivity contribution in [2.45, 2.75) is 6.61 Å². The van der Waals surface area contributed by atoms with Crippen LogP contribution in [0.4, 0.5) is 14.7 Å². The van der Waals surface area contributed by atoms with E-state index in [2.05, 4.69) is 21.0 Å². The van der Waals surface area contributed by atoms with Crippen molar-refractivity contribution in [3.8, 4) is 23.3 Å². The summed E-state index contributed by atoms with van der Waals surface area (Å²) in [6.07, 6.45) is 1.55. The largest absolute Gasteiger partial charge is 0.493 e. The third-order valence-corrected chi connectivity index (χ3v) is 5.03. The molecule has 10 heteroatoms. The first-order chi connectivity index (χ1) is 16.1. The fourth-order valence-electron chi connectivity index (χ4n) is 3.52. The van der Waals surface area contributed by atoms with Crippen molar-refractivity contribution in [3.05, 3.63) is 59.9 Å². The number of ether oxygens (including phenoxy) is 3. The average Bonchev–Trinajstić information content (AvgIpc) is 3.28. The molecule has 170 valence electrons. The molecule has 1 saturated heterocycles. The number of hydrogen-bond acceptors (Lipinski definition) is 7. The molecular formula is C23H21F2N5O3. The topological polar surface area (TPSA) is 85.4 Å². The van der Waals surface area contributed by atoms with Gasteiger partial charge in [0.1, 0.15) is 6.07 Å². The molecule has 0 bridgehead atoms. The second kappa shape index (κ2) is 10.1. The molecule has 2 heterocycles. The minimum atomic E-state index is -3.01. The summed E-state index contributed by atoms with van der Waals surface area (Å²) >= 11 is 0. The van der Waals surface area contributed by atoms with Crippen molar-refractivity contribution in [2.24, 2.45) is 0 Å². The molecule has 0 aliphatic carbocycles. The summed E-state index contributed by atoms with van der Waals surface area (Å²) < 4.78 is 42.5. The summed E-state index contributed by atoms with van der Waals surface area (Å²) in [6.45, 7) is -0.592. The number of rotatable bonds is 7. The van der Waals surface area contributed by atoms with Crippen LogP contribution < -0.4 is 14.4 Å². The summed E-state index contributed by atoms with van der Waals surface area (Å²) in [6, 6.07) is 16.1. The fraction of sp³-hybridized carbons (Fsp3) is 0.261.